The minimum absolute atomic E-state index is 0.00479. The molecule has 0 radical (unpaired) electrons. The van der Waals surface area contributed by atoms with Gasteiger partial charge in [-0.05, 0) is 60.7 Å². The predicted molar refractivity (Wildman–Crippen MR) is 111 cm³/mol. The first kappa shape index (κ1) is 22.7. The molecule has 2 aromatic rings. The Morgan fingerprint density at radius 2 is 1.94 bits per heavy atom. The minimum atomic E-state index is -4.62. The van der Waals surface area contributed by atoms with Crippen molar-refractivity contribution >= 4 is 52.2 Å². The zero-order valence-corrected chi connectivity index (χ0v) is 17.3. The van der Waals surface area contributed by atoms with Gasteiger partial charge in [0.1, 0.15) is 5.75 Å². The molecule has 1 fully saturated rings. The Bertz CT molecular complexity index is 1080. The van der Waals surface area contributed by atoms with Crippen molar-refractivity contribution in [3.05, 3.63) is 63.5 Å². The molecule has 1 heterocycles. The van der Waals surface area contributed by atoms with Gasteiger partial charge in [-0.2, -0.15) is 13.2 Å². The number of nitrogens with zero attached hydrogens (tertiary/aromatic N) is 1. The lowest BCUT2D eigenvalue weighted by Gasteiger charge is -2.10. The van der Waals surface area contributed by atoms with Gasteiger partial charge in [0.15, 0.2) is 11.3 Å². The van der Waals surface area contributed by atoms with Gasteiger partial charge in [-0.1, -0.05) is 23.7 Å². The van der Waals surface area contributed by atoms with Gasteiger partial charge in [0.05, 0.1) is 21.2 Å². The second-order valence-electron chi connectivity index (χ2n) is 6.31. The van der Waals surface area contributed by atoms with E-state index >= 15 is 0 Å². The van der Waals surface area contributed by atoms with Crippen molar-refractivity contribution < 1.29 is 32.6 Å². The molecule has 2 N–H and O–H groups in total. The largest absolute Gasteiger partial charge is 0.479 e. The van der Waals surface area contributed by atoms with Gasteiger partial charge in [0.25, 0.3) is 5.91 Å². The molecular weight excluding hydrogens is 457 g/mol. The van der Waals surface area contributed by atoms with Crippen LogP contribution in [0.1, 0.15) is 18.1 Å². The number of thioether (sulfide) groups is 1. The fourth-order valence-corrected chi connectivity index (χ4v) is 3.51. The van der Waals surface area contributed by atoms with Crippen LogP contribution in [0, 0.1) is 0 Å². The van der Waals surface area contributed by atoms with Crippen LogP contribution in [-0.4, -0.2) is 28.3 Å². The monoisotopic (exact) mass is 470 g/mol. The molecule has 1 unspecified atom stereocenters. The van der Waals surface area contributed by atoms with E-state index in [0.29, 0.717) is 11.3 Å². The van der Waals surface area contributed by atoms with Crippen LogP contribution in [0.3, 0.4) is 0 Å². The topological polar surface area (TPSA) is 88.0 Å². The highest BCUT2D eigenvalue weighted by Crippen LogP contribution is 2.37. The van der Waals surface area contributed by atoms with E-state index in [0.717, 1.165) is 23.9 Å². The Balaban J connectivity index is 1.76. The van der Waals surface area contributed by atoms with Gasteiger partial charge in [-0.25, -0.2) is 9.79 Å². The molecular formula is C20H14ClF3N2O4S. The summed E-state index contributed by atoms with van der Waals surface area (Å²) < 4.78 is 44.2. The van der Waals surface area contributed by atoms with Gasteiger partial charge in [-0.15, -0.1) is 0 Å². The van der Waals surface area contributed by atoms with Crippen LogP contribution < -0.4 is 10.1 Å². The number of amides is 1. The smallest absolute Gasteiger partial charge is 0.417 e. The van der Waals surface area contributed by atoms with Crippen molar-refractivity contribution in [2.45, 2.75) is 19.2 Å². The maximum Gasteiger partial charge on any atom is 0.417 e. The van der Waals surface area contributed by atoms with Crippen LogP contribution >= 0.6 is 23.4 Å². The molecule has 1 aliphatic heterocycles. The molecule has 1 atom stereocenters. The third-order valence-electron chi connectivity index (χ3n) is 3.98. The van der Waals surface area contributed by atoms with Crippen molar-refractivity contribution in [1.82, 2.24) is 5.32 Å². The number of amidine groups is 1. The van der Waals surface area contributed by atoms with Gasteiger partial charge >= 0.3 is 12.1 Å². The van der Waals surface area contributed by atoms with E-state index in [1.54, 1.807) is 30.3 Å². The maximum absolute atomic E-state index is 13.0. The molecule has 1 saturated heterocycles. The number of carboxylic acids is 1. The number of alkyl halides is 3. The van der Waals surface area contributed by atoms with Gasteiger partial charge in [0.2, 0.25) is 0 Å². The third-order valence-corrected chi connectivity index (χ3v) is 5.21. The van der Waals surface area contributed by atoms with E-state index in [2.05, 4.69) is 10.3 Å². The number of hydrogen-bond acceptors (Lipinski definition) is 5. The van der Waals surface area contributed by atoms with Gasteiger partial charge < -0.3 is 15.2 Å². The Morgan fingerprint density at radius 3 is 2.55 bits per heavy atom. The molecule has 0 saturated carbocycles. The summed E-state index contributed by atoms with van der Waals surface area (Å²) in [5, 5.41) is 11.0. The standard InChI is InChI=1S/C20H14ClF3N2O4S/c1-10(18(28)29)30-13-5-2-11(3-6-13)8-16-17(27)26-19(31-16)25-12-4-7-15(21)14(9-12)20(22,23)24/h2-10H,1H3,(H,28,29)(H,25,26,27)/b16-8+. The lowest BCUT2D eigenvalue weighted by molar-refractivity contribution is -0.144. The molecule has 3 rings (SSSR count). The lowest BCUT2D eigenvalue weighted by Crippen LogP contribution is -2.22. The Labute approximate surface area is 183 Å². The number of carbonyl (C=O) groups excluding carboxylic acids is 1. The molecule has 1 aliphatic rings. The number of rotatable bonds is 5. The van der Waals surface area contributed by atoms with Crippen LogP contribution in [0.2, 0.25) is 5.02 Å². The molecule has 0 aliphatic carbocycles. The molecule has 1 amide bonds. The first-order valence-electron chi connectivity index (χ1n) is 8.69. The summed E-state index contributed by atoms with van der Waals surface area (Å²) in [6.45, 7) is 1.40. The number of carbonyl (C=O) groups is 2. The average Bonchev–Trinajstić information content (AvgIpc) is 3.02. The maximum atomic E-state index is 13.0. The molecule has 6 nitrogen and oxygen atoms in total. The summed E-state index contributed by atoms with van der Waals surface area (Å²) in [4.78, 5) is 27.3. The van der Waals surface area contributed by atoms with Crippen molar-refractivity contribution in [2.75, 3.05) is 0 Å². The highest BCUT2D eigenvalue weighted by molar-refractivity contribution is 8.18. The van der Waals surface area contributed by atoms with E-state index in [1.165, 1.54) is 13.0 Å². The van der Waals surface area contributed by atoms with Crippen LogP contribution in [0.4, 0.5) is 18.9 Å². The third kappa shape index (κ3) is 5.80. The van der Waals surface area contributed by atoms with E-state index in [-0.39, 0.29) is 15.8 Å². The summed E-state index contributed by atoms with van der Waals surface area (Å²) in [7, 11) is 0. The quantitative estimate of drug-likeness (QED) is 0.593. The molecule has 0 spiro atoms. The SMILES string of the molecule is CC(Oc1ccc(/C=C2/SC(=Nc3ccc(Cl)c(C(F)(F)F)c3)NC2=O)cc1)C(=O)O. The number of benzene rings is 2. The van der Waals surface area contributed by atoms with Gasteiger partial charge in [-0.3, -0.25) is 4.79 Å². The van der Waals surface area contributed by atoms with E-state index < -0.39 is 34.7 Å². The number of nitrogens with one attached hydrogen (secondary N) is 1. The van der Waals surface area contributed by atoms with Crippen LogP contribution in [0.15, 0.2) is 52.4 Å². The zero-order chi connectivity index (χ0) is 22.8. The highest BCUT2D eigenvalue weighted by Gasteiger charge is 2.33. The van der Waals surface area contributed by atoms with Gasteiger partial charge in [0, 0.05) is 0 Å². The summed E-state index contributed by atoms with van der Waals surface area (Å²) >= 11 is 6.57. The zero-order valence-electron chi connectivity index (χ0n) is 15.7. The summed E-state index contributed by atoms with van der Waals surface area (Å²) in [6.07, 6.45) is -4.07. The lowest BCUT2D eigenvalue weighted by atomic mass is 10.2. The molecule has 31 heavy (non-hydrogen) atoms. The average molecular weight is 471 g/mol. The van der Waals surface area contributed by atoms with Crippen molar-refractivity contribution in [3.8, 4) is 5.75 Å². The molecule has 0 bridgehead atoms. The number of hydrogen-bond donors (Lipinski definition) is 2. The van der Waals surface area contributed by atoms with Crippen molar-refractivity contribution in [3.63, 3.8) is 0 Å². The van der Waals surface area contributed by atoms with Crippen LogP contribution in [-0.2, 0) is 15.8 Å². The Hall–Kier alpha value is -2.98. The molecule has 0 aromatic heterocycles. The molecule has 162 valence electrons. The molecule has 11 heteroatoms. The van der Waals surface area contributed by atoms with E-state index in [4.69, 9.17) is 21.4 Å². The van der Waals surface area contributed by atoms with Crippen molar-refractivity contribution in [1.29, 1.82) is 0 Å². The summed E-state index contributed by atoms with van der Waals surface area (Å²) in [6, 6.07) is 9.60. The summed E-state index contributed by atoms with van der Waals surface area (Å²) in [5.41, 5.74) is -0.379. The van der Waals surface area contributed by atoms with E-state index in [9.17, 15) is 22.8 Å². The Kier molecular flexibility index (Phi) is 6.61. The number of aliphatic carboxylic acids is 1. The fourth-order valence-electron chi connectivity index (χ4n) is 2.45. The van der Waals surface area contributed by atoms with Crippen molar-refractivity contribution in [2.24, 2.45) is 4.99 Å². The minimum Gasteiger partial charge on any atom is -0.479 e. The summed E-state index contributed by atoms with van der Waals surface area (Å²) in [5.74, 6) is -1.19. The number of carboxylic acid groups (broad SMARTS) is 1. The van der Waals surface area contributed by atoms with E-state index in [1.807, 2.05) is 0 Å². The van der Waals surface area contributed by atoms with Crippen LogP contribution in [0.25, 0.3) is 6.08 Å². The first-order chi connectivity index (χ1) is 14.5. The number of ether oxygens (including phenoxy) is 1. The Morgan fingerprint density at radius 1 is 1.26 bits per heavy atom. The fraction of sp³-hybridized carbons (Fsp3) is 0.150. The number of halogens is 4. The first-order valence-corrected chi connectivity index (χ1v) is 9.88. The predicted octanol–water partition coefficient (Wildman–Crippen LogP) is 5.10. The molecule has 2 aromatic carbocycles. The highest BCUT2D eigenvalue weighted by atomic mass is 35.5. The second kappa shape index (κ2) is 9.03. The van der Waals surface area contributed by atoms with Crippen LogP contribution in [0.5, 0.6) is 5.75 Å². The normalized spacial score (nSPS) is 17.6. The number of aliphatic imine (C=N–C) groups is 1. The second-order valence-corrected chi connectivity index (χ2v) is 7.75.